The van der Waals surface area contributed by atoms with Gasteiger partial charge in [-0.1, -0.05) is 24.3 Å². The number of hydrogen-bond acceptors (Lipinski definition) is 8. The van der Waals surface area contributed by atoms with Crippen LogP contribution < -0.4 is 20.1 Å². The van der Waals surface area contributed by atoms with Crippen LogP contribution in [0.25, 0.3) is 0 Å². The van der Waals surface area contributed by atoms with Gasteiger partial charge in [0, 0.05) is 11.4 Å². The Labute approximate surface area is 243 Å². The summed E-state index contributed by atoms with van der Waals surface area (Å²) in [5.41, 5.74) is 2.95. The maximum Gasteiger partial charge on any atom is 0.337 e. The molecule has 4 rings (SSSR count). The number of rotatable bonds is 17. The summed E-state index contributed by atoms with van der Waals surface area (Å²) >= 11 is 0. The van der Waals surface area contributed by atoms with Crippen LogP contribution in [0.3, 0.4) is 0 Å². The first kappa shape index (κ1) is 29.9. The summed E-state index contributed by atoms with van der Waals surface area (Å²) < 4.78 is 22.5. The molecule has 0 radical (unpaired) electrons. The van der Waals surface area contributed by atoms with E-state index in [1.165, 1.54) is 0 Å². The first-order chi connectivity index (χ1) is 20.5. The van der Waals surface area contributed by atoms with Crippen molar-refractivity contribution >= 4 is 34.7 Å². The average molecular weight is 573 g/mol. The van der Waals surface area contributed by atoms with Gasteiger partial charge in [0.2, 0.25) is 0 Å². The van der Waals surface area contributed by atoms with Gasteiger partial charge >= 0.3 is 11.9 Å². The number of hydrogen-bond donors (Lipinski definition) is 4. The molecule has 0 saturated carbocycles. The summed E-state index contributed by atoms with van der Waals surface area (Å²) in [6.07, 6.45) is 0. The highest BCUT2D eigenvalue weighted by atomic mass is 16.6. The molecule has 0 aromatic heterocycles. The molecule has 0 fully saturated rings. The van der Waals surface area contributed by atoms with E-state index in [4.69, 9.17) is 18.9 Å². The standard InChI is InChI=1S/C32H32N2O8/c35-31(36)27-5-1-3-7-29(27)33-23-9-13-25(14-10-23)41-21-19-39-17-18-40-20-22-42-26-15-11-24(12-16-26)34-30-8-4-2-6-28(30)32(37)38/h1-16,33-34H,17-22H2,(H,35,36)(H,37,38). The Morgan fingerprint density at radius 1 is 0.500 bits per heavy atom. The van der Waals surface area contributed by atoms with E-state index in [1.54, 1.807) is 72.8 Å². The molecule has 0 aliphatic heterocycles. The quantitative estimate of drug-likeness (QED) is 0.111. The maximum absolute atomic E-state index is 11.4. The molecule has 4 N–H and O–H groups in total. The van der Waals surface area contributed by atoms with Crippen LogP contribution >= 0.6 is 0 Å². The van der Waals surface area contributed by atoms with Crippen LogP contribution in [-0.2, 0) is 9.47 Å². The third kappa shape index (κ3) is 9.26. The third-order valence-electron chi connectivity index (χ3n) is 5.95. The number of anilines is 4. The summed E-state index contributed by atoms with van der Waals surface area (Å²) in [6, 6.07) is 27.9. The second-order valence-corrected chi connectivity index (χ2v) is 8.92. The SMILES string of the molecule is O=C(O)c1ccccc1Nc1ccc(OCCOCCOCCOc2ccc(Nc3ccccc3C(=O)O)cc2)cc1. The van der Waals surface area contributed by atoms with E-state index in [9.17, 15) is 19.8 Å². The van der Waals surface area contributed by atoms with Gasteiger partial charge in [0.05, 0.1) is 48.9 Å². The number of nitrogens with one attached hydrogen (secondary N) is 2. The van der Waals surface area contributed by atoms with Gasteiger partial charge in [-0.2, -0.15) is 0 Å². The second-order valence-electron chi connectivity index (χ2n) is 8.92. The molecule has 4 aromatic carbocycles. The zero-order valence-corrected chi connectivity index (χ0v) is 22.8. The molecule has 0 heterocycles. The normalized spacial score (nSPS) is 10.6. The number of carboxylic acids is 2. The van der Waals surface area contributed by atoms with Crippen LogP contribution in [0.15, 0.2) is 97.1 Å². The second kappa shape index (κ2) is 15.7. The monoisotopic (exact) mass is 572 g/mol. The lowest BCUT2D eigenvalue weighted by atomic mass is 10.1. The number of benzene rings is 4. The van der Waals surface area contributed by atoms with Crippen molar-refractivity contribution in [3.8, 4) is 11.5 Å². The van der Waals surface area contributed by atoms with E-state index in [0.717, 1.165) is 11.4 Å². The van der Waals surface area contributed by atoms with E-state index in [2.05, 4.69) is 10.6 Å². The van der Waals surface area contributed by atoms with Crippen LogP contribution in [0.1, 0.15) is 20.7 Å². The molecule has 0 aliphatic rings. The lowest BCUT2D eigenvalue weighted by Crippen LogP contribution is -2.13. The Morgan fingerprint density at radius 2 is 0.857 bits per heavy atom. The lowest BCUT2D eigenvalue weighted by molar-refractivity contribution is 0.0273. The Kier molecular flexibility index (Phi) is 11.1. The zero-order chi connectivity index (χ0) is 29.6. The van der Waals surface area contributed by atoms with E-state index in [0.29, 0.717) is 62.5 Å². The van der Waals surface area contributed by atoms with Crippen molar-refractivity contribution in [2.75, 3.05) is 50.3 Å². The van der Waals surface area contributed by atoms with Gasteiger partial charge in [-0.05, 0) is 72.8 Å². The topological polar surface area (TPSA) is 136 Å². The van der Waals surface area contributed by atoms with Crippen molar-refractivity contribution in [1.82, 2.24) is 0 Å². The molecule has 0 aliphatic carbocycles. The highest BCUT2D eigenvalue weighted by Crippen LogP contribution is 2.24. The Balaban J connectivity index is 1.04. The molecule has 0 bridgehead atoms. The fourth-order valence-electron chi connectivity index (χ4n) is 3.90. The van der Waals surface area contributed by atoms with Crippen molar-refractivity contribution in [1.29, 1.82) is 0 Å². The molecule has 218 valence electrons. The first-order valence-electron chi connectivity index (χ1n) is 13.3. The van der Waals surface area contributed by atoms with Crippen molar-refractivity contribution in [3.63, 3.8) is 0 Å². The fraction of sp³-hybridized carbons (Fsp3) is 0.188. The average Bonchev–Trinajstić information content (AvgIpc) is 3.00. The molecule has 0 saturated heterocycles. The summed E-state index contributed by atoms with van der Waals surface area (Å²) in [7, 11) is 0. The van der Waals surface area contributed by atoms with Crippen LogP contribution in [0, 0.1) is 0 Å². The molecular weight excluding hydrogens is 540 g/mol. The van der Waals surface area contributed by atoms with Gasteiger partial charge in [0.25, 0.3) is 0 Å². The number of para-hydroxylation sites is 2. The first-order valence-corrected chi connectivity index (χ1v) is 13.3. The van der Waals surface area contributed by atoms with Gasteiger partial charge in [-0.25, -0.2) is 9.59 Å². The highest BCUT2D eigenvalue weighted by molar-refractivity contribution is 5.95. The summed E-state index contributed by atoms with van der Waals surface area (Å²) in [5, 5.41) is 24.8. The predicted molar refractivity (Wildman–Crippen MR) is 159 cm³/mol. The van der Waals surface area contributed by atoms with Crippen LogP contribution in [0.5, 0.6) is 11.5 Å². The summed E-state index contributed by atoms with van der Waals surface area (Å²) in [4.78, 5) is 22.7. The van der Waals surface area contributed by atoms with Crippen LogP contribution in [0.2, 0.25) is 0 Å². The zero-order valence-electron chi connectivity index (χ0n) is 22.8. The number of ether oxygens (including phenoxy) is 4. The minimum Gasteiger partial charge on any atom is -0.491 e. The molecule has 42 heavy (non-hydrogen) atoms. The Morgan fingerprint density at radius 3 is 1.24 bits per heavy atom. The van der Waals surface area contributed by atoms with E-state index < -0.39 is 11.9 Å². The van der Waals surface area contributed by atoms with E-state index in [1.807, 2.05) is 24.3 Å². The smallest absolute Gasteiger partial charge is 0.337 e. The van der Waals surface area contributed by atoms with Gasteiger partial charge in [0.15, 0.2) is 0 Å². The predicted octanol–water partition coefficient (Wildman–Crippen LogP) is 6.06. The van der Waals surface area contributed by atoms with Gasteiger partial charge < -0.3 is 39.8 Å². The highest BCUT2D eigenvalue weighted by Gasteiger charge is 2.10. The van der Waals surface area contributed by atoms with E-state index >= 15 is 0 Å². The number of carbonyl (C=O) groups is 2. The maximum atomic E-state index is 11.4. The summed E-state index contributed by atoms with van der Waals surface area (Å²) in [5.74, 6) is -0.621. The molecular formula is C32H32N2O8. The van der Waals surface area contributed by atoms with Crippen LogP contribution in [-0.4, -0.2) is 61.8 Å². The van der Waals surface area contributed by atoms with Gasteiger partial charge in [-0.15, -0.1) is 0 Å². The van der Waals surface area contributed by atoms with Crippen molar-refractivity contribution in [3.05, 3.63) is 108 Å². The van der Waals surface area contributed by atoms with Crippen molar-refractivity contribution < 1.29 is 38.7 Å². The van der Waals surface area contributed by atoms with Gasteiger partial charge in [0.1, 0.15) is 24.7 Å². The molecule has 0 atom stereocenters. The Bertz CT molecular complexity index is 1330. The summed E-state index contributed by atoms with van der Waals surface area (Å²) in [6.45, 7) is 2.42. The lowest BCUT2D eigenvalue weighted by Gasteiger charge is -2.11. The minimum atomic E-state index is -0.989. The minimum absolute atomic E-state index is 0.203. The molecule has 10 nitrogen and oxygen atoms in total. The van der Waals surface area contributed by atoms with Gasteiger partial charge in [-0.3, -0.25) is 0 Å². The molecule has 10 heteroatoms. The van der Waals surface area contributed by atoms with Crippen LogP contribution in [0.4, 0.5) is 22.7 Å². The van der Waals surface area contributed by atoms with E-state index in [-0.39, 0.29) is 11.1 Å². The third-order valence-corrected chi connectivity index (χ3v) is 5.95. The fourth-order valence-corrected chi connectivity index (χ4v) is 3.90. The molecule has 0 unspecified atom stereocenters. The Hall–Kier alpha value is -5.06. The molecule has 0 amide bonds. The number of aromatic carboxylic acids is 2. The van der Waals surface area contributed by atoms with Crippen molar-refractivity contribution in [2.24, 2.45) is 0 Å². The number of carboxylic acid groups (broad SMARTS) is 2. The van der Waals surface area contributed by atoms with Crippen molar-refractivity contribution in [2.45, 2.75) is 0 Å². The molecule has 0 spiro atoms. The molecule has 4 aromatic rings. The largest absolute Gasteiger partial charge is 0.491 e.